The van der Waals surface area contributed by atoms with Crippen molar-refractivity contribution in [2.75, 3.05) is 18.6 Å². The van der Waals surface area contributed by atoms with Gasteiger partial charge in [0.25, 0.3) is 11.8 Å². The fourth-order valence-corrected chi connectivity index (χ4v) is 4.02. The van der Waals surface area contributed by atoms with Crippen LogP contribution in [0, 0.1) is 0 Å². The molecule has 0 aliphatic carbocycles. The summed E-state index contributed by atoms with van der Waals surface area (Å²) >= 11 is 1.38. The highest BCUT2D eigenvalue weighted by molar-refractivity contribution is 7.12. The molecular formula is C22H20N2O3S. The summed E-state index contributed by atoms with van der Waals surface area (Å²) in [7, 11) is 1.69. The van der Waals surface area contributed by atoms with Crippen LogP contribution in [0.1, 0.15) is 20.8 Å². The number of nitrogens with one attached hydrogen (secondary N) is 1. The first-order chi connectivity index (χ1) is 13.6. The molecule has 0 unspecified atom stereocenters. The maximum absolute atomic E-state index is 12.8. The highest BCUT2D eigenvalue weighted by Crippen LogP contribution is 2.30. The smallest absolute Gasteiger partial charge is 0.262 e. The zero-order valence-corrected chi connectivity index (χ0v) is 16.2. The highest BCUT2D eigenvalue weighted by Gasteiger charge is 2.30. The molecule has 2 amide bonds. The average molecular weight is 392 g/mol. The van der Waals surface area contributed by atoms with Crippen LogP contribution in [0.15, 0.2) is 66.0 Å². The zero-order valence-electron chi connectivity index (χ0n) is 15.4. The van der Waals surface area contributed by atoms with Crippen LogP contribution < -0.4 is 15.0 Å². The molecule has 0 bridgehead atoms. The molecule has 2 heterocycles. The molecule has 28 heavy (non-hydrogen) atoms. The predicted molar refractivity (Wildman–Crippen MR) is 110 cm³/mol. The van der Waals surface area contributed by atoms with E-state index < -0.39 is 6.04 Å². The Kier molecular flexibility index (Phi) is 5.12. The molecule has 1 N–H and O–H groups in total. The second-order valence-electron chi connectivity index (χ2n) is 6.68. The fraction of sp³-hybridized carbons (Fsp3) is 0.182. The Morgan fingerprint density at radius 1 is 1.14 bits per heavy atom. The van der Waals surface area contributed by atoms with Gasteiger partial charge in [0.15, 0.2) is 0 Å². The number of hydrogen-bond donors (Lipinski definition) is 1. The number of hydrogen-bond acceptors (Lipinski definition) is 4. The number of carbonyl (C=O) groups is 2. The van der Waals surface area contributed by atoms with E-state index in [1.54, 1.807) is 7.05 Å². The zero-order chi connectivity index (χ0) is 19.5. The van der Waals surface area contributed by atoms with Crippen molar-refractivity contribution in [3.8, 4) is 5.75 Å². The van der Waals surface area contributed by atoms with Gasteiger partial charge in [-0.1, -0.05) is 42.5 Å². The van der Waals surface area contributed by atoms with Crippen molar-refractivity contribution in [1.29, 1.82) is 0 Å². The third-order valence-corrected chi connectivity index (χ3v) is 5.67. The number of ether oxygens (including phenoxy) is 1. The molecule has 3 aromatic rings. The van der Waals surface area contributed by atoms with E-state index in [1.807, 2.05) is 53.9 Å². The number of nitrogens with zero attached hydrogens (tertiary/aromatic N) is 1. The van der Waals surface area contributed by atoms with Gasteiger partial charge in [-0.3, -0.25) is 9.59 Å². The molecule has 1 aliphatic heterocycles. The first-order valence-electron chi connectivity index (χ1n) is 9.03. The molecule has 0 fully saturated rings. The van der Waals surface area contributed by atoms with E-state index in [-0.39, 0.29) is 18.4 Å². The summed E-state index contributed by atoms with van der Waals surface area (Å²) in [5, 5.41) is 4.80. The molecule has 0 saturated heterocycles. The lowest BCUT2D eigenvalue weighted by Crippen LogP contribution is -2.49. The fourth-order valence-electron chi connectivity index (χ4n) is 3.20. The third-order valence-electron chi connectivity index (χ3n) is 4.69. The van der Waals surface area contributed by atoms with Crippen molar-refractivity contribution in [3.63, 3.8) is 0 Å². The molecule has 1 atom stereocenters. The summed E-state index contributed by atoms with van der Waals surface area (Å²) in [6, 6.07) is 18.6. The molecule has 4 rings (SSSR count). The van der Waals surface area contributed by atoms with Crippen molar-refractivity contribution in [1.82, 2.24) is 5.32 Å². The summed E-state index contributed by atoms with van der Waals surface area (Å²) in [4.78, 5) is 27.6. The molecule has 0 saturated carbocycles. The molecule has 1 aromatic heterocycles. The lowest BCUT2D eigenvalue weighted by atomic mass is 10.1. The quantitative estimate of drug-likeness (QED) is 0.739. The Bertz CT molecular complexity index is 1000. The van der Waals surface area contributed by atoms with E-state index in [0.717, 1.165) is 12.0 Å². The number of para-hydroxylation sites is 2. The molecule has 2 aromatic carbocycles. The summed E-state index contributed by atoms with van der Waals surface area (Å²) in [5.41, 5.74) is 2.97. The van der Waals surface area contributed by atoms with Gasteiger partial charge < -0.3 is 15.0 Å². The normalized spacial score (nSPS) is 16.1. The molecular weight excluding hydrogens is 372 g/mol. The third kappa shape index (κ3) is 3.77. The van der Waals surface area contributed by atoms with E-state index in [2.05, 4.69) is 17.4 Å². The average Bonchev–Trinajstić information content (AvgIpc) is 3.15. The van der Waals surface area contributed by atoms with Crippen molar-refractivity contribution in [2.24, 2.45) is 0 Å². The van der Waals surface area contributed by atoms with Gasteiger partial charge in [0, 0.05) is 7.05 Å². The number of rotatable bonds is 4. The van der Waals surface area contributed by atoms with Crippen LogP contribution in [0.4, 0.5) is 5.69 Å². The van der Waals surface area contributed by atoms with Gasteiger partial charge in [0.1, 0.15) is 18.4 Å². The van der Waals surface area contributed by atoms with Crippen LogP contribution in [-0.4, -0.2) is 31.5 Å². The highest BCUT2D eigenvalue weighted by atomic mass is 32.1. The first-order valence-corrected chi connectivity index (χ1v) is 9.91. The number of fused-ring (bicyclic) bond motifs is 1. The van der Waals surface area contributed by atoms with Crippen LogP contribution >= 0.6 is 11.3 Å². The minimum atomic E-state index is -0.732. The standard InChI is InChI=1S/C22H20N2O3S/c1-24-18-9-5-6-10-19(18)27-13-17(22(24)26)23-21(25)20-12-16(14-28-20)11-15-7-3-2-4-8-15/h2-10,12,14,17H,11,13H2,1H3,(H,23,25)/t17-/m1/s1. The molecule has 1 aliphatic rings. The van der Waals surface area contributed by atoms with Crippen LogP contribution in [0.2, 0.25) is 0 Å². The summed E-state index contributed by atoms with van der Waals surface area (Å²) in [5.74, 6) is 0.182. The molecule has 5 nitrogen and oxygen atoms in total. The van der Waals surface area contributed by atoms with Crippen molar-refractivity contribution in [3.05, 3.63) is 82.0 Å². The Morgan fingerprint density at radius 2 is 1.89 bits per heavy atom. The Balaban J connectivity index is 1.45. The van der Waals surface area contributed by atoms with Crippen LogP contribution in [0.3, 0.4) is 0 Å². The second kappa shape index (κ2) is 7.86. The summed E-state index contributed by atoms with van der Waals surface area (Å²) in [6.45, 7) is 0.105. The number of thiophene rings is 1. The largest absolute Gasteiger partial charge is 0.489 e. The van der Waals surface area contributed by atoms with Gasteiger partial charge >= 0.3 is 0 Å². The Morgan fingerprint density at radius 3 is 2.71 bits per heavy atom. The molecule has 0 spiro atoms. The number of likely N-dealkylation sites (N-methyl/N-ethyl adjacent to an activating group) is 1. The van der Waals surface area contributed by atoms with E-state index in [4.69, 9.17) is 4.74 Å². The van der Waals surface area contributed by atoms with Crippen molar-refractivity contribution >= 4 is 28.8 Å². The number of benzene rings is 2. The van der Waals surface area contributed by atoms with Crippen LogP contribution in [-0.2, 0) is 11.2 Å². The van der Waals surface area contributed by atoms with E-state index in [0.29, 0.717) is 16.3 Å². The van der Waals surface area contributed by atoms with E-state index in [1.165, 1.54) is 21.8 Å². The van der Waals surface area contributed by atoms with Gasteiger partial charge in [0.05, 0.1) is 10.6 Å². The van der Waals surface area contributed by atoms with Crippen molar-refractivity contribution < 1.29 is 14.3 Å². The maximum Gasteiger partial charge on any atom is 0.262 e. The minimum absolute atomic E-state index is 0.105. The number of carbonyl (C=O) groups excluding carboxylic acids is 2. The minimum Gasteiger partial charge on any atom is -0.489 e. The SMILES string of the molecule is CN1C(=O)[C@H](NC(=O)c2cc(Cc3ccccc3)cs2)COc2ccccc21. The Labute approximate surface area is 167 Å². The van der Waals surface area contributed by atoms with Crippen LogP contribution in [0.25, 0.3) is 0 Å². The van der Waals surface area contributed by atoms with E-state index in [9.17, 15) is 9.59 Å². The van der Waals surface area contributed by atoms with Gasteiger partial charge in [-0.05, 0) is 41.1 Å². The van der Waals surface area contributed by atoms with Gasteiger partial charge in [-0.15, -0.1) is 11.3 Å². The van der Waals surface area contributed by atoms with Gasteiger partial charge in [0.2, 0.25) is 0 Å². The first kappa shape index (κ1) is 18.3. The molecule has 6 heteroatoms. The second-order valence-corrected chi connectivity index (χ2v) is 7.59. The van der Waals surface area contributed by atoms with Crippen LogP contribution in [0.5, 0.6) is 5.75 Å². The lowest BCUT2D eigenvalue weighted by molar-refractivity contribution is -0.120. The van der Waals surface area contributed by atoms with Crippen molar-refractivity contribution in [2.45, 2.75) is 12.5 Å². The molecule has 142 valence electrons. The number of anilines is 1. The predicted octanol–water partition coefficient (Wildman–Crippen LogP) is 3.49. The Hall–Kier alpha value is -3.12. The summed E-state index contributed by atoms with van der Waals surface area (Å²) in [6.07, 6.45) is 0.772. The van der Waals surface area contributed by atoms with Gasteiger partial charge in [-0.2, -0.15) is 0 Å². The maximum atomic E-state index is 12.8. The topological polar surface area (TPSA) is 58.6 Å². The lowest BCUT2D eigenvalue weighted by Gasteiger charge is -2.20. The molecule has 0 radical (unpaired) electrons. The monoisotopic (exact) mass is 392 g/mol. The van der Waals surface area contributed by atoms with E-state index >= 15 is 0 Å². The summed E-state index contributed by atoms with van der Waals surface area (Å²) < 4.78 is 5.75. The van der Waals surface area contributed by atoms with Gasteiger partial charge in [-0.25, -0.2) is 0 Å². The number of amides is 2.